The zero-order valence-corrected chi connectivity index (χ0v) is 14.4. The Kier molecular flexibility index (Phi) is 3.48. The van der Waals surface area contributed by atoms with Gasteiger partial charge in [-0.1, -0.05) is 36.4 Å². The van der Waals surface area contributed by atoms with Gasteiger partial charge >= 0.3 is 0 Å². The largest absolute Gasteiger partial charge is 0.294 e. The van der Waals surface area contributed by atoms with Crippen LogP contribution < -0.4 is 0 Å². The van der Waals surface area contributed by atoms with E-state index in [0.29, 0.717) is 6.42 Å². The molecule has 0 amide bonds. The average molecular weight is 347 g/mol. The number of fused-ring (bicyclic) bond motifs is 4. The highest BCUT2D eigenvalue weighted by molar-refractivity contribution is 6.00. The highest BCUT2D eigenvalue weighted by Crippen LogP contribution is 2.34. The number of aromatic nitrogens is 5. The van der Waals surface area contributed by atoms with E-state index in [1.54, 1.807) is 0 Å². The van der Waals surface area contributed by atoms with E-state index in [-0.39, 0.29) is 11.7 Å². The predicted molar refractivity (Wildman–Crippen MR) is 100 cm³/mol. The summed E-state index contributed by atoms with van der Waals surface area (Å²) in [5.41, 5.74) is 5.26. The molecule has 3 N–H and O–H groups in total. The molecule has 2 bridgehead atoms. The van der Waals surface area contributed by atoms with E-state index in [1.165, 1.54) is 5.56 Å². The van der Waals surface area contributed by atoms with Crippen LogP contribution in [0.5, 0.6) is 0 Å². The number of hydrogen-bond donors (Lipinski definition) is 3. The van der Waals surface area contributed by atoms with Crippen molar-refractivity contribution in [2.24, 2.45) is 5.92 Å². The minimum absolute atomic E-state index is 0.201. The maximum atomic E-state index is 12.7. The van der Waals surface area contributed by atoms with Crippen LogP contribution in [0.4, 0.5) is 0 Å². The van der Waals surface area contributed by atoms with Gasteiger partial charge in [0.05, 0.1) is 11.4 Å². The van der Waals surface area contributed by atoms with Crippen molar-refractivity contribution in [2.75, 3.05) is 0 Å². The monoisotopic (exact) mass is 347 g/mol. The number of nitrogens with zero attached hydrogens (tertiary/aromatic N) is 2. The molecule has 1 unspecified atom stereocenters. The van der Waals surface area contributed by atoms with Crippen LogP contribution in [0.25, 0.3) is 11.4 Å². The molecule has 0 radical (unpaired) electrons. The topological polar surface area (TPSA) is 74.3 Å². The lowest BCUT2D eigenvalue weighted by atomic mass is 9.92. The van der Waals surface area contributed by atoms with Gasteiger partial charge in [0.25, 0.3) is 0 Å². The smallest absolute Gasteiger partial charge is 0.163 e. The van der Waals surface area contributed by atoms with Crippen LogP contribution in [0.15, 0.2) is 65.8 Å². The van der Waals surface area contributed by atoms with Crippen LogP contribution >= 0.6 is 0 Å². The third-order valence-corrected chi connectivity index (χ3v) is 5.31. The lowest BCUT2D eigenvalue weighted by Gasteiger charge is -2.18. The molecule has 6 nitrogen and oxygen atoms in total. The van der Waals surface area contributed by atoms with Gasteiger partial charge in [-0.2, -0.15) is 9.59 Å². The second-order valence-corrected chi connectivity index (χ2v) is 6.91. The van der Waals surface area contributed by atoms with E-state index in [0.717, 1.165) is 41.8 Å². The summed E-state index contributed by atoms with van der Waals surface area (Å²) in [6.45, 7) is 0. The Morgan fingerprint density at radius 2 is 1.77 bits per heavy atom. The maximum absolute atomic E-state index is 12.7. The van der Waals surface area contributed by atoms with Crippen LogP contribution in [0.2, 0.25) is 0 Å². The van der Waals surface area contributed by atoms with Crippen molar-refractivity contribution >= 4 is 11.5 Å². The number of allylic oxidation sites excluding steroid dienone is 8. The summed E-state index contributed by atoms with van der Waals surface area (Å²) in [5.74, 6) is 0.451. The molecule has 2 aliphatic carbocycles. The maximum Gasteiger partial charge on any atom is 0.163 e. The number of rotatable bonds is 0. The Labute approximate surface area is 150 Å². The first kappa shape index (κ1) is 15.1. The normalized spacial score (nSPS) is 21.5. The summed E-state index contributed by atoms with van der Waals surface area (Å²) < 4.78 is 0. The molecule has 132 valence electrons. The molecule has 2 aromatic rings. The van der Waals surface area contributed by atoms with Crippen LogP contribution in [0.1, 0.15) is 24.8 Å². The number of carbonyl (C=O) groups excluding carboxylic acids is 1. The lowest BCUT2D eigenvalue weighted by Crippen LogP contribution is -2.16. The zero-order chi connectivity index (χ0) is 17.5. The SMILES string of the molecule is O=C1CCCCc2ccccc2-n2[nH][nH][nH]n2C2=CC3=C1C=CC3C=C2. The highest BCUT2D eigenvalue weighted by Gasteiger charge is 2.25. The van der Waals surface area contributed by atoms with Gasteiger partial charge < -0.3 is 0 Å². The van der Waals surface area contributed by atoms with Crippen molar-refractivity contribution in [2.45, 2.75) is 25.7 Å². The lowest BCUT2D eigenvalue weighted by molar-refractivity contribution is -0.115. The molecule has 6 heteroatoms. The number of para-hydroxylation sites is 1. The quantitative estimate of drug-likeness (QED) is 0.669. The van der Waals surface area contributed by atoms with Crippen LogP contribution in [-0.4, -0.2) is 31.0 Å². The van der Waals surface area contributed by atoms with E-state index in [1.807, 2.05) is 21.7 Å². The Morgan fingerprint density at radius 1 is 0.962 bits per heavy atom. The molecule has 1 aromatic carbocycles. The highest BCUT2D eigenvalue weighted by atomic mass is 16.1. The van der Waals surface area contributed by atoms with E-state index < -0.39 is 0 Å². The molecule has 2 heterocycles. The van der Waals surface area contributed by atoms with Crippen molar-refractivity contribution < 1.29 is 4.79 Å². The zero-order valence-electron chi connectivity index (χ0n) is 14.4. The van der Waals surface area contributed by atoms with Crippen molar-refractivity contribution in [3.05, 3.63) is 71.4 Å². The number of aryl methyl sites for hydroxylation is 1. The Balaban J connectivity index is 1.71. The molecule has 1 aliphatic heterocycles. The molecule has 1 atom stereocenters. The third kappa shape index (κ3) is 2.37. The summed E-state index contributed by atoms with van der Waals surface area (Å²) in [7, 11) is 0. The number of benzene rings is 1. The fourth-order valence-corrected chi connectivity index (χ4v) is 3.96. The van der Waals surface area contributed by atoms with Gasteiger partial charge in [-0.25, -0.2) is 15.6 Å². The van der Waals surface area contributed by atoms with Gasteiger partial charge in [0.1, 0.15) is 0 Å². The molecule has 0 spiro atoms. The fraction of sp³-hybridized carbons (Fsp3) is 0.250. The van der Waals surface area contributed by atoms with Crippen LogP contribution in [0.3, 0.4) is 0 Å². The molecule has 5 rings (SSSR count). The first-order chi connectivity index (χ1) is 12.8. The van der Waals surface area contributed by atoms with Gasteiger partial charge in [-0.05, 0) is 48.6 Å². The van der Waals surface area contributed by atoms with Crippen molar-refractivity contribution in [1.29, 1.82) is 0 Å². The number of Topliss-reactive ketones (excluding diaryl/α,β-unsaturated/α-hetero) is 1. The number of carbonyl (C=O) groups is 1. The summed E-state index contributed by atoms with van der Waals surface area (Å²) in [5, 5.41) is 9.27. The minimum atomic E-state index is 0.201. The van der Waals surface area contributed by atoms with E-state index in [9.17, 15) is 4.79 Å². The molecule has 3 aliphatic rings. The number of hydrogen-bond acceptors (Lipinski definition) is 1. The summed E-state index contributed by atoms with van der Waals surface area (Å²) >= 11 is 0. The number of H-pyrrole nitrogens is 3. The number of aromatic amines is 3. The average Bonchev–Trinajstić information content (AvgIpc) is 3.31. The molecular formula is C20H21N5O. The summed E-state index contributed by atoms with van der Waals surface area (Å²) in [6.07, 6.45) is 13.9. The summed E-state index contributed by atoms with van der Waals surface area (Å²) in [6, 6.07) is 8.36. The minimum Gasteiger partial charge on any atom is -0.294 e. The Morgan fingerprint density at radius 3 is 2.73 bits per heavy atom. The second kappa shape index (κ2) is 5.98. The van der Waals surface area contributed by atoms with Gasteiger partial charge in [0.2, 0.25) is 0 Å². The first-order valence-corrected chi connectivity index (χ1v) is 9.11. The fourth-order valence-electron chi connectivity index (χ4n) is 3.96. The predicted octanol–water partition coefficient (Wildman–Crippen LogP) is 3.58. The van der Waals surface area contributed by atoms with Gasteiger partial charge in [-0.3, -0.25) is 4.79 Å². The molecule has 26 heavy (non-hydrogen) atoms. The van der Waals surface area contributed by atoms with Gasteiger partial charge in [0.15, 0.2) is 5.78 Å². The van der Waals surface area contributed by atoms with Crippen LogP contribution in [-0.2, 0) is 11.2 Å². The molecule has 1 aromatic heterocycles. The molecular weight excluding hydrogens is 326 g/mol. The van der Waals surface area contributed by atoms with E-state index >= 15 is 0 Å². The molecule has 0 saturated heterocycles. The van der Waals surface area contributed by atoms with Crippen LogP contribution in [0, 0.1) is 5.92 Å². The van der Waals surface area contributed by atoms with Crippen molar-refractivity contribution in [1.82, 2.24) is 25.2 Å². The molecule has 0 saturated carbocycles. The Bertz CT molecular complexity index is 1020. The standard InChI is InChI=1S/C20H21N5O/c26-20-8-4-2-6-15-5-1-3-7-19(15)25-23-21-22-24(25)16-11-9-14-10-12-17(20)18(14)13-16/h1,3,5,7,9-14,21-23H,2,4,6,8H2. The number of ketones is 1. The third-order valence-electron chi connectivity index (χ3n) is 5.31. The number of nitrogens with one attached hydrogen (secondary N) is 3. The van der Waals surface area contributed by atoms with E-state index in [4.69, 9.17) is 0 Å². The van der Waals surface area contributed by atoms with Crippen molar-refractivity contribution in [3.63, 3.8) is 0 Å². The summed E-state index contributed by atoms with van der Waals surface area (Å²) in [4.78, 5) is 16.6. The van der Waals surface area contributed by atoms with Gasteiger partial charge in [-0.15, -0.1) is 0 Å². The Hall–Kier alpha value is -3.15. The molecule has 0 fully saturated rings. The second-order valence-electron chi connectivity index (χ2n) is 6.91. The van der Waals surface area contributed by atoms with Gasteiger partial charge in [0, 0.05) is 17.9 Å². The van der Waals surface area contributed by atoms with E-state index in [2.05, 4.69) is 58.1 Å². The first-order valence-electron chi connectivity index (χ1n) is 9.11. The van der Waals surface area contributed by atoms with Crippen molar-refractivity contribution in [3.8, 4) is 5.69 Å².